The standard InChI is InChI=1S/C19H28N4O4.C6H5Br.C3H8.C2H6/c1-14(2)23(16-12-15(3)7-9-20-16)11-5-6-17(24)22-13-18(25)21-10-8-19(26)27-4;7-6-4-2-1-3-5-6;1-3-2;1-2/h7,9,12H,1,5-6,8,10-11,13H2,2-4H3,(H,21,25)(H,22,24);1-5H;3H2,1-2H3;1-2H3. The molecule has 218 valence electrons. The Kier molecular flexibility index (Phi) is 24.4. The lowest BCUT2D eigenvalue weighted by atomic mass is 10.2. The molecule has 2 amide bonds. The van der Waals surface area contributed by atoms with Crippen LogP contribution >= 0.6 is 15.9 Å². The van der Waals surface area contributed by atoms with Crippen molar-refractivity contribution >= 4 is 39.5 Å². The molecule has 0 radical (unpaired) electrons. The van der Waals surface area contributed by atoms with E-state index in [9.17, 15) is 14.4 Å². The molecule has 8 nitrogen and oxygen atoms in total. The van der Waals surface area contributed by atoms with Crippen LogP contribution in [0.2, 0.25) is 0 Å². The number of hydrogen-bond donors (Lipinski definition) is 2. The zero-order valence-electron chi connectivity index (χ0n) is 24.7. The molecule has 1 aromatic carbocycles. The molecule has 0 aliphatic heterocycles. The third-order valence-corrected chi connectivity index (χ3v) is 5.01. The van der Waals surface area contributed by atoms with E-state index in [0.29, 0.717) is 13.0 Å². The third-order valence-electron chi connectivity index (χ3n) is 4.48. The first kappa shape index (κ1) is 37.9. The van der Waals surface area contributed by atoms with Crippen LogP contribution in [0.3, 0.4) is 0 Å². The molecule has 2 rings (SSSR count). The molecule has 0 aliphatic carbocycles. The molecule has 0 bridgehead atoms. The molecule has 0 saturated heterocycles. The van der Waals surface area contributed by atoms with E-state index in [2.05, 4.69) is 56.7 Å². The summed E-state index contributed by atoms with van der Waals surface area (Å²) in [5.41, 5.74) is 1.95. The smallest absolute Gasteiger partial charge is 0.307 e. The number of aryl methyl sites for hydroxylation is 1. The SMILES string of the molecule is Brc1ccccc1.C=C(C)N(CCCC(=O)NCC(=O)NCCC(=O)OC)c1cc(C)ccn1.CC.CCC. The molecule has 2 aromatic rings. The normalized spacial score (nSPS) is 9.13. The van der Waals surface area contributed by atoms with E-state index in [-0.39, 0.29) is 37.7 Å². The van der Waals surface area contributed by atoms with Crippen molar-refractivity contribution in [3.05, 3.63) is 71.0 Å². The number of esters is 1. The van der Waals surface area contributed by atoms with Gasteiger partial charge in [-0.15, -0.1) is 0 Å². The second-order valence-corrected chi connectivity index (χ2v) is 9.05. The van der Waals surface area contributed by atoms with E-state index in [1.165, 1.54) is 13.5 Å². The molecular formula is C30H47BrN4O4. The lowest BCUT2D eigenvalue weighted by Gasteiger charge is -2.23. The van der Waals surface area contributed by atoms with Gasteiger partial charge in [-0.3, -0.25) is 14.4 Å². The van der Waals surface area contributed by atoms with E-state index in [1.54, 1.807) is 6.20 Å². The quantitative estimate of drug-likeness (QED) is 0.295. The summed E-state index contributed by atoms with van der Waals surface area (Å²) in [6, 6.07) is 13.9. The minimum absolute atomic E-state index is 0.0971. The molecule has 39 heavy (non-hydrogen) atoms. The number of hydrogen-bond acceptors (Lipinski definition) is 6. The maximum absolute atomic E-state index is 11.9. The van der Waals surface area contributed by atoms with Crippen LogP contribution in [0.15, 0.2) is 65.4 Å². The van der Waals surface area contributed by atoms with E-state index < -0.39 is 5.97 Å². The Bertz CT molecular complexity index is 955. The minimum atomic E-state index is -0.399. The number of nitrogens with zero attached hydrogens (tertiary/aromatic N) is 2. The van der Waals surface area contributed by atoms with E-state index in [0.717, 1.165) is 21.6 Å². The second kappa shape index (κ2) is 25.1. The van der Waals surface area contributed by atoms with Gasteiger partial charge in [0, 0.05) is 35.9 Å². The van der Waals surface area contributed by atoms with E-state index in [1.807, 2.05) is 75.1 Å². The zero-order chi connectivity index (χ0) is 30.1. The Balaban J connectivity index is 0. The Hall–Kier alpha value is -3.20. The molecule has 0 unspecified atom stereocenters. The lowest BCUT2D eigenvalue weighted by Crippen LogP contribution is -2.38. The summed E-state index contributed by atoms with van der Waals surface area (Å²) in [6.07, 6.45) is 3.97. The van der Waals surface area contributed by atoms with Gasteiger partial charge in [-0.2, -0.15) is 0 Å². The van der Waals surface area contributed by atoms with Crippen LogP contribution in [0.5, 0.6) is 0 Å². The predicted molar refractivity (Wildman–Crippen MR) is 164 cm³/mol. The maximum atomic E-state index is 11.9. The molecule has 0 saturated carbocycles. The number of nitrogens with one attached hydrogen (secondary N) is 2. The third kappa shape index (κ3) is 21.4. The summed E-state index contributed by atoms with van der Waals surface area (Å²) in [4.78, 5) is 40.7. The Morgan fingerprint density at radius 1 is 1.03 bits per heavy atom. The highest BCUT2D eigenvalue weighted by molar-refractivity contribution is 9.10. The summed E-state index contributed by atoms with van der Waals surface area (Å²) in [5, 5.41) is 5.10. The van der Waals surface area contributed by atoms with Gasteiger partial charge < -0.3 is 20.3 Å². The number of carbonyl (C=O) groups is 3. The largest absolute Gasteiger partial charge is 0.469 e. The number of amides is 2. The average Bonchev–Trinajstić information content (AvgIpc) is 2.92. The van der Waals surface area contributed by atoms with Gasteiger partial charge in [0.25, 0.3) is 0 Å². The van der Waals surface area contributed by atoms with Crippen LogP contribution in [0.1, 0.15) is 65.9 Å². The molecule has 0 spiro atoms. The Morgan fingerprint density at radius 2 is 1.64 bits per heavy atom. The van der Waals surface area contributed by atoms with Crippen molar-refractivity contribution in [2.24, 2.45) is 0 Å². The van der Waals surface area contributed by atoms with E-state index >= 15 is 0 Å². The van der Waals surface area contributed by atoms with Crippen LogP contribution in [0, 0.1) is 6.92 Å². The average molecular weight is 608 g/mol. The number of methoxy groups -OCH3 is 1. The van der Waals surface area contributed by atoms with Crippen LogP contribution < -0.4 is 15.5 Å². The fraction of sp³-hybridized carbons (Fsp3) is 0.467. The lowest BCUT2D eigenvalue weighted by molar-refractivity contribution is -0.140. The Morgan fingerprint density at radius 3 is 2.13 bits per heavy atom. The number of anilines is 1. The van der Waals surface area contributed by atoms with Gasteiger partial charge in [-0.05, 0) is 50.1 Å². The first-order chi connectivity index (χ1) is 18.6. The number of allylic oxidation sites excluding steroid dienone is 1. The first-order valence-corrected chi connectivity index (χ1v) is 14.1. The first-order valence-electron chi connectivity index (χ1n) is 13.3. The molecule has 2 N–H and O–H groups in total. The summed E-state index contributed by atoms with van der Waals surface area (Å²) in [7, 11) is 1.29. The minimum Gasteiger partial charge on any atom is -0.469 e. The van der Waals surface area contributed by atoms with Crippen molar-refractivity contribution in [3.63, 3.8) is 0 Å². The number of carbonyl (C=O) groups excluding carboxylic acids is 3. The van der Waals surface area contributed by atoms with Crippen LogP contribution in [0.4, 0.5) is 5.82 Å². The van der Waals surface area contributed by atoms with Gasteiger partial charge in [-0.1, -0.05) is 74.8 Å². The van der Waals surface area contributed by atoms with Crippen molar-refractivity contribution in [2.75, 3.05) is 31.6 Å². The fourth-order valence-electron chi connectivity index (χ4n) is 2.72. The van der Waals surface area contributed by atoms with Gasteiger partial charge in [0.2, 0.25) is 11.8 Å². The van der Waals surface area contributed by atoms with Gasteiger partial charge in [-0.25, -0.2) is 4.98 Å². The molecule has 0 aliphatic rings. The van der Waals surface area contributed by atoms with Crippen LogP contribution in [0.25, 0.3) is 0 Å². The molecule has 1 heterocycles. The van der Waals surface area contributed by atoms with Crippen LogP contribution in [-0.2, 0) is 19.1 Å². The highest BCUT2D eigenvalue weighted by Gasteiger charge is 2.11. The van der Waals surface area contributed by atoms with Crippen molar-refractivity contribution in [2.45, 2.75) is 67.2 Å². The van der Waals surface area contributed by atoms with Crippen molar-refractivity contribution in [1.29, 1.82) is 0 Å². The molecule has 0 atom stereocenters. The van der Waals surface area contributed by atoms with Gasteiger partial charge in [0.05, 0.1) is 20.1 Å². The number of pyridine rings is 1. The van der Waals surface area contributed by atoms with Gasteiger partial charge in [0.1, 0.15) is 5.82 Å². The highest BCUT2D eigenvalue weighted by Crippen LogP contribution is 2.17. The fourth-order valence-corrected chi connectivity index (χ4v) is 3.02. The summed E-state index contributed by atoms with van der Waals surface area (Å²) in [5.74, 6) is -0.158. The highest BCUT2D eigenvalue weighted by atomic mass is 79.9. The number of rotatable bonds is 11. The van der Waals surface area contributed by atoms with Gasteiger partial charge >= 0.3 is 5.97 Å². The van der Waals surface area contributed by atoms with Crippen molar-refractivity contribution in [1.82, 2.24) is 15.6 Å². The topological polar surface area (TPSA) is 101 Å². The van der Waals surface area contributed by atoms with Crippen LogP contribution in [-0.4, -0.2) is 49.5 Å². The molecule has 0 fully saturated rings. The number of ether oxygens (including phenoxy) is 1. The number of aromatic nitrogens is 1. The second-order valence-electron chi connectivity index (χ2n) is 8.14. The summed E-state index contributed by atoms with van der Waals surface area (Å²) >= 11 is 3.31. The monoisotopic (exact) mass is 606 g/mol. The summed E-state index contributed by atoms with van der Waals surface area (Å²) in [6.45, 7) is 16.8. The number of halogens is 1. The maximum Gasteiger partial charge on any atom is 0.307 e. The molecular weight excluding hydrogens is 560 g/mol. The van der Waals surface area contributed by atoms with Crippen molar-refractivity contribution in [3.8, 4) is 0 Å². The summed E-state index contributed by atoms with van der Waals surface area (Å²) < 4.78 is 5.61. The predicted octanol–water partition coefficient (Wildman–Crippen LogP) is 6.20. The Labute approximate surface area is 243 Å². The molecule has 9 heteroatoms. The van der Waals surface area contributed by atoms with E-state index in [4.69, 9.17) is 0 Å². The number of benzene rings is 1. The van der Waals surface area contributed by atoms with Crippen molar-refractivity contribution < 1.29 is 19.1 Å². The zero-order valence-corrected chi connectivity index (χ0v) is 26.3. The molecule has 1 aromatic heterocycles. The van der Waals surface area contributed by atoms with Gasteiger partial charge in [0.15, 0.2) is 0 Å².